The van der Waals surface area contributed by atoms with Crippen molar-refractivity contribution in [2.75, 3.05) is 0 Å². The number of hydrogen-bond donors (Lipinski definition) is 3. The Morgan fingerprint density at radius 3 is 2.33 bits per heavy atom. The predicted molar refractivity (Wildman–Crippen MR) is 123 cm³/mol. The smallest absolute Gasteiger partial charge is 0.433 e. The fourth-order valence-electron chi connectivity index (χ4n) is 3.78. The Labute approximate surface area is 221 Å². The molecule has 1 atom stereocenters. The SMILES string of the molecule is C/C=C(\C=C/[NH2+]O)CC(c1ccc(OC(F)F)c(OC2CCC2)c1)c1cnc(C(O)(C(F)(F)F)C(F)(F)F)s1. The van der Waals surface area contributed by atoms with E-state index < -0.39 is 35.5 Å². The van der Waals surface area contributed by atoms with Crippen molar-refractivity contribution in [2.45, 2.75) is 69.2 Å². The third kappa shape index (κ3) is 6.88. The highest BCUT2D eigenvalue weighted by Gasteiger charge is 2.73. The highest BCUT2D eigenvalue weighted by molar-refractivity contribution is 7.11. The molecule has 0 spiro atoms. The van der Waals surface area contributed by atoms with E-state index >= 15 is 0 Å². The second-order valence-corrected chi connectivity index (χ2v) is 9.72. The maximum Gasteiger partial charge on any atom is 0.433 e. The van der Waals surface area contributed by atoms with Gasteiger partial charge in [-0.05, 0) is 62.0 Å². The van der Waals surface area contributed by atoms with Crippen molar-refractivity contribution in [3.05, 3.63) is 63.8 Å². The number of hydroxylamine groups is 1. The predicted octanol–water partition coefficient (Wildman–Crippen LogP) is 5.92. The van der Waals surface area contributed by atoms with E-state index in [1.165, 1.54) is 30.5 Å². The van der Waals surface area contributed by atoms with Crippen LogP contribution < -0.4 is 15.0 Å². The first-order valence-electron chi connectivity index (χ1n) is 11.6. The number of allylic oxidation sites excluding steroid dienone is 3. The van der Waals surface area contributed by atoms with E-state index in [2.05, 4.69) is 9.72 Å². The van der Waals surface area contributed by atoms with E-state index in [1.54, 1.807) is 13.0 Å². The van der Waals surface area contributed by atoms with Gasteiger partial charge in [0.05, 0.1) is 6.10 Å². The molecule has 1 saturated carbocycles. The average molecular weight is 590 g/mol. The van der Waals surface area contributed by atoms with E-state index in [0.29, 0.717) is 24.0 Å². The van der Waals surface area contributed by atoms with Crippen molar-refractivity contribution in [3.8, 4) is 11.5 Å². The molecular formula is C24H25F8N2O4S+. The first kappa shape index (κ1) is 30.8. The van der Waals surface area contributed by atoms with E-state index in [4.69, 9.17) is 9.94 Å². The molecule has 1 aromatic carbocycles. The number of ether oxygens (including phenoxy) is 2. The summed E-state index contributed by atoms with van der Waals surface area (Å²) in [6, 6.07) is 3.86. The summed E-state index contributed by atoms with van der Waals surface area (Å²) >= 11 is 0.0214. The molecule has 1 aliphatic rings. The van der Waals surface area contributed by atoms with Crippen molar-refractivity contribution in [1.82, 2.24) is 4.98 Å². The van der Waals surface area contributed by atoms with Crippen LogP contribution >= 0.6 is 11.3 Å². The van der Waals surface area contributed by atoms with Gasteiger partial charge in [0.2, 0.25) is 0 Å². The van der Waals surface area contributed by atoms with E-state index in [0.717, 1.165) is 18.1 Å². The third-order valence-electron chi connectivity index (χ3n) is 6.14. The normalized spacial score (nSPS) is 16.6. The lowest BCUT2D eigenvalue weighted by molar-refractivity contribution is -0.838. The summed E-state index contributed by atoms with van der Waals surface area (Å²) in [5.74, 6) is -1.29. The number of aliphatic hydroxyl groups is 1. The zero-order valence-corrected chi connectivity index (χ0v) is 21.1. The largest absolute Gasteiger partial charge is 0.487 e. The molecule has 216 valence electrons. The van der Waals surface area contributed by atoms with Gasteiger partial charge in [-0.2, -0.15) is 40.6 Å². The Balaban J connectivity index is 2.12. The van der Waals surface area contributed by atoms with E-state index in [9.17, 15) is 40.2 Å². The molecule has 1 aromatic heterocycles. The van der Waals surface area contributed by atoms with Crippen molar-refractivity contribution < 1.29 is 60.4 Å². The minimum atomic E-state index is -6.11. The molecule has 1 unspecified atom stereocenters. The molecule has 2 aromatic rings. The van der Waals surface area contributed by atoms with Crippen LogP contribution in [0.25, 0.3) is 0 Å². The highest BCUT2D eigenvalue weighted by atomic mass is 32.1. The van der Waals surface area contributed by atoms with Gasteiger partial charge in [-0.15, -0.1) is 11.3 Å². The van der Waals surface area contributed by atoms with Gasteiger partial charge in [0, 0.05) is 17.0 Å². The number of nitrogens with zero attached hydrogens (tertiary/aromatic N) is 1. The molecule has 39 heavy (non-hydrogen) atoms. The Kier molecular flexibility index (Phi) is 9.62. The van der Waals surface area contributed by atoms with Gasteiger partial charge in [0.25, 0.3) is 0 Å². The van der Waals surface area contributed by atoms with Gasteiger partial charge in [0.15, 0.2) is 11.5 Å². The summed E-state index contributed by atoms with van der Waals surface area (Å²) in [4.78, 5) is 3.23. The fraction of sp³-hybridized carbons (Fsp3) is 0.458. The number of quaternary nitrogens is 1. The third-order valence-corrected chi connectivity index (χ3v) is 7.36. The monoisotopic (exact) mass is 589 g/mol. The lowest BCUT2D eigenvalue weighted by Crippen LogP contribution is -2.73. The number of thiazole rings is 1. The van der Waals surface area contributed by atoms with Gasteiger partial charge in [-0.25, -0.2) is 10.2 Å². The average Bonchev–Trinajstić information content (AvgIpc) is 3.30. The zero-order chi connectivity index (χ0) is 29.0. The number of aromatic nitrogens is 1. The first-order valence-corrected chi connectivity index (χ1v) is 12.4. The molecule has 1 fully saturated rings. The summed E-state index contributed by atoms with van der Waals surface area (Å²) in [7, 11) is 0. The zero-order valence-electron chi connectivity index (χ0n) is 20.3. The maximum absolute atomic E-state index is 13.4. The van der Waals surface area contributed by atoms with Crippen LogP contribution in [-0.4, -0.2) is 40.4 Å². The van der Waals surface area contributed by atoms with Crippen LogP contribution in [0.5, 0.6) is 11.5 Å². The lowest BCUT2D eigenvalue weighted by Gasteiger charge is -2.30. The molecule has 0 amide bonds. The van der Waals surface area contributed by atoms with Crippen LogP contribution in [0.2, 0.25) is 0 Å². The number of rotatable bonds is 11. The molecule has 0 saturated heterocycles. The number of benzene rings is 1. The molecule has 3 rings (SSSR count). The van der Waals surface area contributed by atoms with Gasteiger partial charge < -0.3 is 14.6 Å². The Hall–Kier alpha value is -2.75. The molecule has 15 heteroatoms. The number of alkyl halides is 8. The van der Waals surface area contributed by atoms with Gasteiger partial charge in [-0.1, -0.05) is 12.1 Å². The highest BCUT2D eigenvalue weighted by Crippen LogP contribution is 2.52. The number of hydrogen-bond acceptors (Lipinski definition) is 6. The minimum Gasteiger partial charge on any atom is -0.487 e. The molecule has 4 N–H and O–H groups in total. The quantitative estimate of drug-likeness (QED) is 0.172. The van der Waals surface area contributed by atoms with Crippen molar-refractivity contribution >= 4 is 11.3 Å². The Morgan fingerprint density at radius 1 is 1.15 bits per heavy atom. The van der Waals surface area contributed by atoms with Gasteiger partial charge in [-0.3, -0.25) is 0 Å². The minimum absolute atomic E-state index is 0.00312. The molecular weight excluding hydrogens is 564 g/mol. The van der Waals surface area contributed by atoms with Crippen LogP contribution in [0.4, 0.5) is 35.1 Å². The summed E-state index contributed by atoms with van der Waals surface area (Å²) in [6.45, 7) is -1.54. The van der Waals surface area contributed by atoms with Crippen LogP contribution in [0.15, 0.2) is 48.3 Å². The summed E-state index contributed by atoms with van der Waals surface area (Å²) in [6.07, 6.45) is -5.15. The Bertz CT molecular complexity index is 1160. The fourth-order valence-corrected chi connectivity index (χ4v) is 4.96. The summed E-state index contributed by atoms with van der Waals surface area (Å²) < 4.78 is 117. The standard InChI is InChI=1S/C24H24F8N2O4S/c1-2-13(8-9-34-36)10-16(19-12-33-20(39-19)22(35,23(27,28)29)24(30,31)32)14-6-7-17(38-21(25)26)18(11-14)37-15-4-3-5-15/h2,6-9,11-12,15-16,21,34-36H,3-5,10H2,1H3/p+1/b9-8-,13-2+. The van der Waals surface area contributed by atoms with Crippen molar-refractivity contribution in [2.24, 2.45) is 0 Å². The van der Waals surface area contributed by atoms with Gasteiger partial charge in [0.1, 0.15) is 11.2 Å². The Morgan fingerprint density at radius 2 is 1.82 bits per heavy atom. The first-order chi connectivity index (χ1) is 18.2. The van der Waals surface area contributed by atoms with Crippen LogP contribution in [0, 0.1) is 0 Å². The topological polar surface area (TPSA) is 88.4 Å². The van der Waals surface area contributed by atoms with Crippen LogP contribution in [0.3, 0.4) is 0 Å². The van der Waals surface area contributed by atoms with Crippen molar-refractivity contribution in [3.63, 3.8) is 0 Å². The second-order valence-electron chi connectivity index (χ2n) is 8.66. The van der Waals surface area contributed by atoms with Crippen LogP contribution in [0.1, 0.15) is 54.0 Å². The molecule has 6 nitrogen and oxygen atoms in total. The van der Waals surface area contributed by atoms with E-state index in [-0.39, 0.29) is 40.2 Å². The number of nitrogens with two attached hydrogens (primary N) is 1. The summed E-state index contributed by atoms with van der Waals surface area (Å²) in [5, 5.41) is 17.2. The maximum atomic E-state index is 13.4. The summed E-state index contributed by atoms with van der Waals surface area (Å²) in [5.41, 5.74) is -3.64. The molecule has 0 bridgehead atoms. The van der Waals surface area contributed by atoms with E-state index in [1.807, 2.05) is 0 Å². The number of halogens is 8. The lowest BCUT2D eigenvalue weighted by atomic mass is 9.90. The molecule has 0 aliphatic heterocycles. The molecule has 0 radical (unpaired) electrons. The van der Waals surface area contributed by atoms with Crippen LogP contribution in [-0.2, 0) is 5.60 Å². The van der Waals surface area contributed by atoms with Gasteiger partial charge >= 0.3 is 24.6 Å². The second kappa shape index (κ2) is 12.2. The molecule has 1 heterocycles. The van der Waals surface area contributed by atoms with Crippen molar-refractivity contribution in [1.29, 1.82) is 0 Å². The molecule has 1 aliphatic carbocycles.